The summed E-state index contributed by atoms with van der Waals surface area (Å²) in [4.78, 5) is 24.0. The van der Waals surface area contributed by atoms with Crippen molar-refractivity contribution in [1.82, 2.24) is 14.9 Å². The van der Waals surface area contributed by atoms with Gasteiger partial charge in [0.05, 0.1) is 22.3 Å². The number of amides is 2. The lowest BCUT2D eigenvalue weighted by molar-refractivity contribution is -0.137. The quantitative estimate of drug-likeness (QED) is 0.504. The van der Waals surface area contributed by atoms with Crippen LogP contribution in [0.4, 0.5) is 23.7 Å². The van der Waals surface area contributed by atoms with Crippen molar-refractivity contribution in [2.75, 3.05) is 5.32 Å². The molecule has 2 aliphatic rings. The van der Waals surface area contributed by atoms with E-state index in [0.29, 0.717) is 12.2 Å². The molecular formula is C23H18ClF3N4O. The maximum Gasteiger partial charge on any atom is 0.417 e. The number of nitrogens with zero attached hydrogens (tertiary/aromatic N) is 3. The van der Waals surface area contributed by atoms with Gasteiger partial charge in [0.2, 0.25) is 0 Å². The fourth-order valence-electron chi connectivity index (χ4n) is 4.52. The number of fused-ring (bicyclic) bond motifs is 4. The van der Waals surface area contributed by atoms with E-state index in [1.54, 1.807) is 11.1 Å². The van der Waals surface area contributed by atoms with Gasteiger partial charge in [0, 0.05) is 35.5 Å². The molecule has 2 atom stereocenters. The number of rotatable bonds is 2. The molecule has 1 N–H and O–H groups in total. The van der Waals surface area contributed by atoms with Crippen molar-refractivity contribution in [3.63, 3.8) is 0 Å². The predicted octanol–water partition coefficient (Wildman–Crippen LogP) is 6.11. The van der Waals surface area contributed by atoms with Gasteiger partial charge in [0.15, 0.2) is 5.82 Å². The van der Waals surface area contributed by atoms with Crippen LogP contribution in [0.2, 0.25) is 5.02 Å². The molecule has 9 heteroatoms. The second kappa shape index (κ2) is 7.78. The van der Waals surface area contributed by atoms with Crippen LogP contribution in [0.15, 0.2) is 54.7 Å². The Hall–Kier alpha value is -3.13. The van der Waals surface area contributed by atoms with Crippen LogP contribution in [0.3, 0.4) is 0 Å². The summed E-state index contributed by atoms with van der Waals surface area (Å²) in [5, 5.41) is 2.20. The van der Waals surface area contributed by atoms with E-state index in [2.05, 4.69) is 10.3 Å². The molecule has 164 valence electrons. The lowest BCUT2D eigenvalue weighted by Gasteiger charge is -2.35. The lowest BCUT2D eigenvalue weighted by atomic mass is 9.99. The summed E-state index contributed by atoms with van der Waals surface area (Å²) < 4.78 is 39.5. The highest BCUT2D eigenvalue weighted by atomic mass is 35.5. The van der Waals surface area contributed by atoms with Gasteiger partial charge in [-0.1, -0.05) is 41.9 Å². The zero-order chi connectivity index (χ0) is 22.5. The molecule has 3 aromatic rings. The number of benzene rings is 2. The van der Waals surface area contributed by atoms with Crippen molar-refractivity contribution < 1.29 is 18.0 Å². The molecule has 2 amide bonds. The Morgan fingerprint density at radius 1 is 1.12 bits per heavy atom. The molecule has 32 heavy (non-hydrogen) atoms. The number of nitrogens with one attached hydrogen (secondary N) is 1. The average molecular weight is 459 g/mol. The predicted molar refractivity (Wildman–Crippen MR) is 114 cm³/mol. The van der Waals surface area contributed by atoms with E-state index in [9.17, 15) is 18.0 Å². The van der Waals surface area contributed by atoms with Crippen molar-refractivity contribution >= 4 is 23.3 Å². The Kier molecular flexibility index (Phi) is 5.04. The number of hydrogen-bond acceptors (Lipinski definition) is 3. The number of carbonyl (C=O) groups excluding carboxylic acids is 1. The van der Waals surface area contributed by atoms with Gasteiger partial charge in [-0.2, -0.15) is 13.2 Å². The van der Waals surface area contributed by atoms with Crippen molar-refractivity contribution in [1.29, 1.82) is 0 Å². The Morgan fingerprint density at radius 2 is 1.91 bits per heavy atom. The monoisotopic (exact) mass is 458 g/mol. The van der Waals surface area contributed by atoms with Crippen LogP contribution in [0.25, 0.3) is 11.4 Å². The van der Waals surface area contributed by atoms with Gasteiger partial charge in [-0.15, -0.1) is 0 Å². The SMILES string of the molecule is O=C(Nc1ccc(Cl)c(C(F)(F)F)c1)N1[C@@H]2CC[C@H]1c1cnc(-c3ccccc3)nc1C2. The molecule has 1 aromatic heterocycles. The Labute approximate surface area is 187 Å². The highest BCUT2D eigenvalue weighted by molar-refractivity contribution is 6.31. The largest absolute Gasteiger partial charge is 0.417 e. The minimum atomic E-state index is -4.60. The summed E-state index contributed by atoms with van der Waals surface area (Å²) in [6.45, 7) is 0. The second-order valence-electron chi connectivity index (χ2n) is 7.94. The zero-order valence-electron chi connectivity index (χ0n) is 16.7. The first-order valence-electron chi connectivity index (χ1n) is 10.2. The fraction of sp³-hybridized carbons (Fsp3) is 0.261. The fourth-order valence-corrected chi connectivity index (χ4v) is 4.75. The molecule has 2 aromatic carbocycles. The number of halogens is 4. The van der Waals surface area contributed by atoms with Gasteiger partial charge < -0.3 is 10.2 Å². The highest BCUT2D eigenvalue weighted by Crippen LogP contribution is 2.44. The molecule has 0 aliphatic carbocycles. The number of anilines is 1. The second-order valence-corrected chi connectivity index (χ2v) is 8.35. The standard InChI is InChI=1S/C23H18ClF3N4O/c24-18-8-6-14(10-17(18)23(25,26)27)29-22(32)31-15-7-9-20(31)16-12-28-21(30-19(16)11-15)13-4-2-1-3-5-13/h1-6,8,10,12,15,20H,7,9,11H2,(H,29,32)/t15-,20+/m1/s1. The van der Waals surface area contributed by atoms with Crippen LogP contribution in [-0.2, 0) is 12.6 Å². The molecule has 0 saturated carbocycles. The average Bonchev–Trinajstić information content (AvgIpc) is 3.09. The van der Waals surface area contributed by atoms with E-state index in [1.807, 2.05) is 30.3 Å². The Bertz CT molecular complexity index is 1190. The highest BCUT2D eigenvalue weighted by Gasteiger charge is 2.43. The van der Waals surface area contributed by atoms with Gasteiger partial charge in [-0.05, 0) is 31.0 Å². The molecule has 2 bridgehead atoms. The normalized spacial score (nSPS) is 19.6. The Balaban J connectivity index is 1.40. The first-order chi connectivity index (χ1) is 15.3. The molecule has 5 rings (SSSR count). The minimum Gasteiger partial charge on any atom is -0.314 e. The molecule has 5 nitrogen and oxygen atoms in total. The van der Waals surface area contributed by atoms with Crippen molar-refractivity contribution in [2.24, 2.45) is 0 Å². The maximum absolute atomic E-state index is 13.2. The van der Waals surface area contributed by atoms with Crippen LogP contribution in [-0.4, -0.2) is 26.9 Å². The van der Waals surface area contributed by atoms with E-state index in [0.717, 1.165) is 41.8 Å². The number of hydrogen-bond donors (Lipinski definition) is 1. The Morgan fingerprint density at radius 3 is 2.66 bits per heavy atom. The number of urea groups is 1. The van der Waals surface area contributed by atoms with E-state index >= 15 is 0 Å². The summed E-state index contributed by atoms with van der Waals surface area (Å²) in [6.07, 6.45) is -0.705. The third-order valence-corrected chi connectivity index (χ3v) is 6.31. The van der Waals surface area contributed by atoms with Gasteiger partial charge in [0.1, 0.15) is 0 Å². The first kappa shape index (κ1) is 20.8. The summed E-state index contributed by atoms with van der Waals surface area (Å²) in [5.74, 6) is 0.641. The van der Waals surface area contributed by atoms with Crippen LogP contribution in [0, 0.1) is 0 Å². The summed E-state index contributed by atoms with van der Waals surface area (Å²) in [7, 11) is 0. The minimum absolute atomic E-state index is 0.0487. The molecule has 0 radical (unpaired) electrons. The molecule has 3 heterocycles. The first-order valence-corrected chi connectivity index (χ1v) is 10.6. The van der Waals surface area contributed by atoms with Crippen LogP contribution < -0.4 is 5.32 Å². The van der Waals surface area contributed by atoms with Gasteiger partial charge in [0.25, 0.3) is 0 Å². The van der Waals surface area contributed by atoms with Crippen molar-refractivity contribution in [3.05, 3.63) is 76.6 Å². The van der Waals surface area contributed by atoms with Gasteiger partial charge >= 0.3 is 12.2 Å². The number of alkyl halides is 3. The van der Waals surface area contributed by atoms with E-state index < -0.39 is 22.8 Å². The smallest absolute Gasteiger partial charge is 0.314 e. The lowest BCUT2D eigenvalue weighted by Crippen LogP contribution is -2.44. The number of carbonyl (C=O) groups is 1. The van der Waals surface area contributed by atoms with Crippen LogP contribution in [0.5, 0.6) is 0 Å². The molecule has 1 saturated heterocycles. The van der Waals surface area contributed by atoms with E-state index in [-0.39, 0.29) is 17.8 Å². The molecule has 2 aliphatic heterocycles. The van der Waals surface area contributed by atoms with E-state index in [4.69, 9.17) is 16.6 Å². The molecule has 0 unspecified atom stereocenters. The maximum atomic E-state index is 13.2. The third-order valence-electron chi connectivity index (χ3n) is 5.98. The number of aromatic nitrogens is 2. The van der Waals surface area contributed by atoms with Crippen LogP contribution in [0.1, 0.15) is 35.7 Å². The molecular weight excluding hydrogens is 441 g/mol. The van der Waals surface area contributed by atoms with Crippen molar-refractivity contribution in [3.8, 4) is 11.4 Å². The zero-order valence-corrected chi connectivity index (χ0v) is 17.5. The molecule has 1 fully saturated rings. The summed E-state index contributed by atoms with van der Waals surface area (Å²) >= 11 is 5.68. The van der Waals surface area contributed by atoms with Crippen molar-refractivity contribution in [2.45, 2.75) is 37.5 Å². The van der Waals surface area contributed by atoms with Crippen LogP contribution >= 0.6 is 11.6 Å². The summed E-state index contributed by atoms with van der Waals surface area (Å²) in [6, 6.07) is 12.3. The molecule has 0 spiro atoms. The topological polar surface area (TPSA) is 58.1 Å². The van der Waals surface area contributed by atoms with E-state index in [1.165, 1.54) is 6.07 Å². The van der Waals surface area contributed by atoms with Gasteiger partial charge in [-0.3, -0.25) is 0 Å². The van der Waals surface area contributed by atoms with Gasteiger partial charge in [-0.25, -0.2) is 14.8 Å². The summed E-state index contributed by atoms with van der Waals surface area (Å²) in [5.41, 5.74) is 1.80. The third kappa shape index (κ3) is 3.68.